The van der Waals surface area contributed by atoms with E-state index >= 15 is 0 Å². The van der Waals surface area contributed by atoms with Gasteiger partial charge in [-0.05, 0) is 38.1 Å². The molecule has 7 nitrogen and oxygen atoms in total. The van der Waals surface area contributed by atoms with Crippen molar-refractivity contribution in [1.29, 1.82) is 5.26 Å². The van der Waals surface area contributed by atoms with Gasteiger partial charge in [-0.15, -0.1) is 0 Å². The maximum Gasteiger partial charge on any atom is 0.266 e. The Hall–Kier alpha value is -2.85. The number of rotatable bonds is 2. The normalized spacial score (nSPS) is 21.3. The Morgan fingerprint density at radius 1 is 1.38 bits per heavy atom. The summed E-state index contributed by atoms with van der Waals surface area (Å²) in [7, 11) is 1.56. The van der Waals surface area contributed by atoms with Crippen LogP contribution >= 0.6 is 0 Å². The van der Waals surface area contributed by atoms with Crippen LogP contribution in [0.2, 0.25) is 0 Å². The fourth-order valence-corrected chi connectivity index (χ4v) is 2.84. The molecule has 0 bridgehead atoms. The molecule has 7 heteroatoms. The van der Waals surface area contributed by atoms with Gasteiger partial charge >= 0.3 is 0 Å². The minimum absolute atomic E-state index is 0.218. The van der Waals surface area contributed by atoms with Gasteiger partial charge in [0.15, 0.2) is 0 Å². The van der Waals surface area contributed by atoms with Crippen molar-refractivity contribution in [1.82, 2.24) is 9.78 Å². The van der Waals surface area contributed by atoms with E-state index in [1.807, 2.05) is 13.8 Å². The summed E-state index contributed by atoms with van der Waals surface area (Å²) in [6.07, 6.45) is -0.893. The molecule has 1 aliphatic heterocycles. The highest BCUT2D eigenvalue weighted by atomic mass is 16.5. The van der Waals surface area contributed by atoms with Crippen LogP contribution in [-0.4, -0.2) is 26.5 Å². The third kappa shape index (κ3) is 2.72. The van der Waals surface area contributed by atoms with Crippen molar-refractivity contribution in [3.63, 3.8) is 0 Å². The quantitative estimate of drug-likeness (QED) is 0.864. The number of aromatic nitrogens is 2. The molecule has 3 rings (SSSR count). The summed E-state index contributed by atoms with van der Waals surface area (Å²) >= 11 is 0. The number of hydrogen-bond acceptors (Lipinski definition) is 6. The first-order valence-electron chi connectivity index (χ1n) is 7.54. The minimum atomic E-state index is -0.893. The number of nitrogens with zero attached hydrogens (tertiary/aromatic N) is 3. The third-order valence-electron chi connectivity index (χ3n) is 4.16. The fourth-order valence-electron chi connectivity index (χ4n) is 2.84. The van der Waals surface area contributed by atoms with E-state index in [0.717, 1.165) is 0 Å². The lowest BCUT2D eigenvalue weighted by Gasteiger charge is -2.43. The van der Waals surface area contributed by atoms with Crippen molar-refractivity contribution in [2.45, 2.75) is 31.6 Å². The lowest BCUT2D eigenvalue weighted by atomic mass is 9.85. The van der Waals surface area contributed by atoms with E-state index in [2.05, 4.69) is 16.5 Å². The number of ether oxygens (including phenoxy) is 1. The zero-order valence-electron chi connectivity index (χ0n) is 13.6. The van der Waals surface area contributed by atoms with Crippen LogP contribution in [0.3, 0.4) is 0 Å². The molecule has 0 radical (unpaired) electrons. The molecular formula is C17H18N4O3. The predicted octanol–water partition coefficient (Wildman–Crippen LogP) is 1.34. The molecule has 0 fully saturated rings. The molecule has 0 unspecified atom stereocenters. The summed E-state index contributed by atoms with van der Waals surface area (Å²) in [4.78, 5) is 11.5. The second kappa shape index (κ2) is 5.65. The number of nitrogens with one attached hydrogen (secondary N) is 1. The fraction of sp³-hybridized carbons (Fsp3) is 0.353. The van der Waals surface area contributed by atoms with E-state index in [1.165, 1.54) is 10.7 Å². The number of fused-ring (bicyclic) bond motifs is 1. The highest BCUT2D eigenvalue weighted by molar-refractivity contribution is 5.48. The maximum absolute atomic E-state index is 11.5. The van der Waals surface area contributed by atoms with E-state index in [4.69, 9.17) is 10.00 Å². The van der Waals surface area contributed by atoms with Crippen LogP contribution < -0.4 is 15.6 Å². The number of nitriles is 1. The van der Waals surface area contributed by atoms with E-state index in [9.17, 15) is 9.90 Å². The molecule has 1 aromatic heterocycles. The Kier molecular flexibility index (Phi) is 3.78. The van der Waals surface area contributed by atoms with Gasteiger partial charge in [0.1, 0.15) is 23.3 Å². The maximum atomic E-state index is 11.5. The Morgan fingerprint density at radius 2 is 2.12 bits per heavy atom. The van der Waals surface area contributed by atoms with Gasteiger partial charge in [0.2, 0.25) is 0 Å². The van der Waals surface area contributed by atoms with Crippen LogP contribution in [0.1, 0.15) is 31.1 Å². The molecule has 0 aliphatic carbocycles. The molecule has 2 atom stereocenters. The van der Waals surface area contributed by atoms with Gasteiger partial charge in [0.05, 0.1) is 17.7 Å². The number of benzene rings is 1. The van der Waals surface area contributed by atoms with Crippen LogP contribution in [0.15, 0.2) is 35.1 Å². The van der Waals surface area contributed by atoms with Gasteiger partial charge in [-0.1, -0.05) is 0 Å². The molecule has 24 heavy (non-hydrogen) atoms. The standard InChI is InChI=1S/C17H18N4O3/c1-17(2)16(19-13-6-7-14(22)21(3)20-13)15(23)11-8-10(9-18)4-5-12(11)24-17/h4-8,15-16,23H,1-3H3,(H,19,20)/t15-,16-/m0/s1. The zero-order valence-corrected chi connectivity index (χ0v) is 13.6. The molecule has 2 N–H and O–H groups in total. The lowest BCUT2D eigenvalue weighted by Crippen LogP contribution is -2.53. The van der Waals surface area contributed by atoms with Crippen LogP contribution in [0.25, 0.3) is 0 Å². The molecule has 0 saturated carbocycles. The lowest BCUT2D eigenvalue weighted by molar-refractivity contribution is -0.00339. The van der Waals surface area contributed by atoms with Crippen molar-refractivity contribution in [3.8, 4) is 11.8 Å². The number of anilines is 1. The van der Waals surface area contributed by atoms with Crippen molar-refractivity contribution >= 4 is 5.82 Å². The molecule has 124 valence electrons. The van der Waals surface area contributed by atoms with E-state index in [0.29, 0.717) is 22.7 Å². The summed E-state index contributed by atoms with van der Waals surface area (Å²) in [5.41, 5.74) is 0.0618. The van der Waals surface area contributed by atoms with E-state index in [-0.39, 0.29) is 5.56 Å². The molecule has 2 heterocycles. The average molecular weight is 326 g/mol. The minimum Gasteiger partial charge on any atom is -0.485 e. The second-order valence-electron chi connectivity index (χ2n) is 6.32. The highest BCUT2D eigenvalue weighted by Crippen LogP contribution is 2.41. The first-order chi connectivity index (χ1) is 11.3. The third-order valence-corrected chi connectivity index (χ3v) is 4.16. The topological polar surface area (TPSA) is 100 Å². The Bertz CT molecular complexity index is 882. The van der Waals surface area contributed by atoms with Crippen LogP contribution in [0.4, 0.5) is 5.82 Å². The van der Waals surface area contributed by atoms with Gasteiger partial charge in [-0.3, -0.25) is 4.79 Å². The Balaban J connectivity index is 1.98. The molecule has 0 amide bonds. The average Bonchev–Trinajstić information content (AvgIpc) is 2.54. The summed E-state index contributed by atoms with van der Waals surface area (Å²) in [5.74, 6) is 1.01. The second-order valence-corrected chi connectivity index (χ2v) is 6.32. The van der Waals surface area contributed by atoms with Crippen LogP contribution in [0.5, 0.6) is 5.75 Å². The van der Waals surface area contributed by atoms with Gasteiger partial charge in [0.25, 0.3) is 5.56 Å². The van der Waals surface area contributed by atoms with Crippen molar-refractivity contribution in [2.24, 2.45) is 7.05 Å². The molecule has 0 saturated heterocycles. The first-order valence-corrected chi connectivity index (χ1v) is 7.54. The molecule has 1 aliphatic rings. The van der Waals surface area contributed by atoms with Crippen molar-refractivity contribution in [3.05, 3.63) is 51.8 Å². The summed E-state index contributed by atoms with van der Waals surface area (Å²) in [6, 6.07) is 9.49. The monoisotopic (exact) mass is 326 g/mol. The van der Waals surface area contributed by atoms with E-state index in [1.54, 1.807) is 31.3 Å². The predicted molar refractivity (Wildman–Crippen MR) is 87.7 cm³/mol. The number of aryl methyl sites for hydroxylation is 1. The smallest absolute Gasteiger partial charge is 0.266 e. The van der Waals surface area contributed by atoms with Gasteiger partial charge in [-0.2, -0.15) is 10.4 Å². The number of aliphatic hydroxyl groups excluding tert-OH is 1. The Morgan fingerprint density at radius 3 is 2.79 bits per heavy atom. The number of aliphatic hydroxyl groups is 1. The molecule has 0 spiro atoms. The number of hydrogen-bond donors (Lipinski definition) is 2. The van der Waals surface area contributed by atoms with Gasteiger partial charge in [-0.25, -0.2) is 4.68 Å². The van der Waals surface area contributed by atoms with E-state index < -0.39 is 17.7 Å². The van der Waals surface area contributed by atoms with Gasteiger partial charge in [0, 0.05) is 18.7 Å². The molecule has 1 aromatic carbocycles. The molecule has 2 aromatic rings. The first kappa shape index (κ1) is 16.0. The Labute approximate surface area is 139 Å². The summed E-state index contributed by atoms with van der Waals surface area (Å²) in [5, 5.41) is 27.1. The zero-order chi connectivity index (χ0) is 17.5. The van der Waals surface area contributed by atoms with Crippen molar-refractivity contribution < 1.29 is 9.84 Å². The summed E-state index contributed by atoms with van der Waals surface area (Å²) in [6.45, 7) is 3.72. The largest absolute Gasteiger partial charge is 0.485 e. The highest BCUT2D eigenvalue weighted by Gasteiger charge is 2.43. The molecular weight excluding hydrogens is 308 g/mol. The van der Waals surface area contributed by atoms with Gasteiger partial charge < -0.3 is 15.2 Å². The van der Waals surface area contributed by atoms with Crippen molar-refractivity contribution in [2.75, 3.05) is 5.32 Å². The summed E-state index contributed by atoms with van der Waals surface area (Å²) < 4.78 is 7.22. The van der Waals surface area contributed by atoms with Crippen LogP contribution in [-0.2, 0) is 7.05 Å². The van der Waals surface area contributed by atoms with Crippen LogP contribution in [0, 0.1) is 11.3 Å². The SMILES string of the molecule is Cn1nc(N[C@H]2[C@@H](O)c3cc(C#N)ccc3OC2(C)C)ccc1=O.